The molecule has 2 aromatic carbocycles. The number of hydrogen-bond acceptors (Lipinski definition) is 5. The first-order valence-corrected chi connectivity index (χ1v) is 11.9. The predicted molar refractivity (Wildman–Crippen MR) is 134 cm³/mol. The molecule has 1 saturated heterocycles. The lowest BCUT2D eigenvalue weighted by Gasteiger charge is -2.37. The highest BCUT2D eigenvalue weighted by atomic mass is 16.5. The number of nitrogens with one attached hydrogen (secondary N) is 2. The summed E-state index contributed by atoms with van der Waals surface area (Å²) in [5, 5.41) is 5.56. The first-order chi connectivity index (χ1) is 16.4. The molecular weight excluding hydrogens is 432 g/mol. The number of carbonyl (C=O) groups is 3. The molecule has 1 aliphatic rings. The van der Waals surface area contributed by atoms with Crippen LogP contribution in [-0.4, -0.2) is 55.6 Å². The van der Waals surface area contributed by atoms with Gasteiger partial charge >= 0.3 is 12.0 Å². The van der Waals surface area contributed by atoms with Gasteiger partial charge in [0, 0.05) is 49.2 Å². The summed E-state index contributed by atoms with van der Waals surface area (Å²) < 4.78 is 4.96. The fraction of sp³-hybridized carbons (Fsp3) is 0.423. The van der Waals surface area contributed by atoms with E-state index in [1.165, 1.54) is 0 Å². The summed E-state index contributed by atoms with van der Waals surface area (Å²) >= 11 is 0. The van der Waals surface area contributed by atoms with Crippen molar-refractivity contribution in [2.75, 3.05) is 48.3 Å². The number of ether oxygens (including phenoxy) is 1. The maximum Gasteiger partial charge on any atom is 0.338 e. The van der Waals surface area contributed by atoms with Gasteiger partial charge in [-0.25, -0.2) is 9.59 Å². The maximum absolute atomic E-state index is 12.6. The minimum absolute atomic E-state index is 0.124. The first-order valence-electron chi connectivity index (χ1n) is 11.9. The van der Waals surface area contributed by atoms with Crippen molar-refractivity contribution in [2.24, 2.45) is 5.92 Å². The number of urea groups is 1. The van der Waals surface area contributed by atoms with Crippen LogP contribution in [0.1, 0.15) is 44.0 Å². The SMILES string of the molecule is CCOC(=O)c1ccc(NC(=O)Nc2ccc(N3CCN(C(=O)C(CC)CC)CC3)cc2)cc1. The standard InChI is InChI=1S/C26H34N4O4/c1-4-19(5-2)24(31)30-17-15-29(16-18-30)23-13-11-22(12-14-23)28-26(33)27-21-9-7-20(8-10-21)25(32)34-6-3/h7-14,19H,4-6,15-18H2,1-3H3,(H2,27,28,33). The van der Waals surface area contributed by atoms with Crippen molar-refractivity contribution < 1.29 is 19.1 Å². The van der Waals surface area contributed by atoms with Gasteiger partial charge in [-0.2, -0.15) is 0 Å². The molecule has 8 nitrogen and oxygen atoms in total. The number of piperazine rings is 1. The van der Waals surface area contributed by atoms with Crippen LogP contribution in [-0.2, 0) is 9.53 Å². The van der Waals surface area contributed by atoms with Crippen molar-refractivity contribution in [3.63, 3.8) is 0 Å². The predicted octanol–water partition coefficient (Wildman–Crippen LogP) is 4.59. The molecule has 2 N–H and O–H groups in total. The molecule has 1 heterocycles. The third-order valence-electron chi connectivity index (χ3n) is 6.07. The van der Waals surface area contributed by atoms with Crippen LogP contribution in [0.25, 0.3) is 0 Å². The average Bonchev–Trinajstić information content (AvgIpc) is 2.86. The van der Waals surface area contributed by atoms with Gasteiger partial charge in [0.1, 0.15) is 0 Å². The first kappa shape index (κ1) is 25.1. The molecule has 0 saturated carbocycles. The van der Waals surface area contributed by atoms with Gasteiger partial charge in [-0.1, -0.05) is 13.8 Å². The lowest BCUT2D eigenvalue weighted by atomic mass is 10.0. The molecule has 0 radical (unpaired) electrons. The zero-order chi connectivity index (χ0) is 24.5. The molecule has 2 aromatic rings. The quantitative estimate of drug-likeness (QED) is 0.555. The Bertz CT molecular complexity index is 963. The summed E-state index contributed by atoms with van der Waals surface area (Å²) in [6.07, 6.45) is 1.77. The van der Waals surface area contributed by atoms with E-state index in [9.17, 15) is 14.4 Å². The molecule has 0 bridgehead atoms. The fourth-order valence-electron chi connectivity index (χ4n) is 4.03. The molecule has 0 spiro atoms. The van der Waals surface area contributed by atoms with Crippen LogP contribution in [0.3, 0.4) is 0 Å². The van der Waals surface area contributed by atoms with Crippen LogP contribution >= 0.6 is 0 Å². The lowest BCUT2D eigenvalue weighted by molar-refractivity contribution is -0.136. The Morgan fingerprint density at radius 3 is 1.85 bits per heavy atom. The molecule has 0 aliphatic carbocycles. The number of rotatable bonds is 8. The lowest BCUT2D eigenvalue weighted by Crippen LogP contribution is -2.50. The molecule has 3 rings (SSSR count). The van der Waals surface area contributed by atoms with Gasteiger partial charge in [0.25, 0.3) is 0 Å². The Morgan fingerprint density at radius 1 is 0.824 bits per heavy atom. The van der Waals surface area contributed by atoms with Gasteiger partial charge in [-0.15, -0.1) is 0 Å². The summed E-state index contributed by atoms with van der Waals surface area (Å²) in [7, 11) is 0. The van der Waals surface area contributed by atoms with Gasteiger partial charge in [-0.3, -0.25) is 4.79 Å². The Morgan fingerprint density at radius 2 is 1.35 bits per heavy atom. The summed E-state index contributed by atoms with van der Waals surface area (Å²) in [5.41, 5.74) is 2.74. The minimum atomic E-state index is -0.391. The number of hydrogen-bond donors (Lipinski definition) is 2. The highest BCUT2D eigenvalue weighted by Gasteiger charge is 2.25. The van der Waals surface area contributed by atoms with Gasteiger partial charge in [0.2, 0.25) is 5.91 Å². The molecule has 34 heavy (non-hydrogen) atoms. The number of esters is 1. The monoisotopic (exact) mass is 466 g/mol. The van der Waals surface area contributed by atoms with Crippen LogP contribution in [0.4, 0.5) is 21.9 Å². The number of carbonyl (C=O) groups excluding carboxylic acids is 3. The number of benzene rings is 2. The van der Waals surface area contributed by atoms with Gasteiger partial charge in [0.05, 0.1) is 12.2 Å². The van der Waals surface area contributed by atoms with E-state index in [0.717, 1.165) is 44.7 Å². The topological polar surface area (TPSA) is 91.0 Å². The van der Waals surface area contributed by atoms with Crippen molar-refractivity contribution in [1.29, 1.82) is 0 Å². The summed E-state index contributed by atoms with van der Waals surface area (Å²) in [6.45, 7) is 9.25. The van der Waals surface area contributed by atoms with E-state index in [1.807, 2.05) is 29.2 Å². The largest absolute Gasteiger partial charge is 0.462 e. The third kappa shape index (κ3) is 6.50. The third-order valence-corrected chi connectivity index (χ3v) is 6.07. The van der Waals surface area contributed by atoms with Crippen molar-refractivity contribution in [3.05, 3.63) is 54.1 Å². The molecule has 3 amide bonds. The smallest absolute Gasteiger partial charge is 0.338 e. The molecule has 182 valence electrons. The fourth-order valence-corrected chi connectivity index (χ4v) is 4.03. The second-order valence-electron chi connectivity index (χ2n) is 8.25. The maximum atomic E-state index is 12.6. The molecule has 1 fully saturated rings. The van der Waals surface area contributed by atoms with E-state index in [0.29, 0.717) is 23.5 Å². The van der Waals surface area contributed by atoms with Crippen molar-refractivity contribution >= 4 is 35.0 Å². The van der Waals surface area contributed by atoms with Gasteiger partial charge < -0.3 is 25.2 Å². The van der Waals surface area contributed by atoms with Crippen LogP contribution in [0.5, 0.6) is 0 Å². The molecule has 8 heteroatoms. The molecular formula is C26H34N4O4. The second kappa shape index (κ2) is 12.1. The summed E-state index contributed by atoms with van der Waals surface area (Å²) in [4.78, 5) is 40.9. The number of nitrogens with zero attached hydrogens (tertiary/aromatic N) is 2. The number of anilines is 3. The van der Waals surface area contributed by atoms with E-state index in [-0.39, 0.29) is 17.9 Å². The van der Waals surface area contributed by atoms with Crippen LogP contribution < -0.4 is 15.5 Å². The van der Waals surface area contributed by atoms with Crippen molar-refractivity contribution in [2.45, 2.75) is 33.6 Å². The van der Waals surface area contributed by atoms with E-state index in [4.69, 9.17) is 4.74 Å². The summed E-state index contributed by atoms with van der Waals surface area (Å²) in [6, 6.07) is 13.8. The molecule has 0 aromatic heterocycles. The van der Waals surface area contributed by atoms with E-state index in [2.05, 4.69) is 29.4 Å². The Labute approximate surface area is 201 Å². The zero-order valence-corrected chi connectivity index (χ0v) is 20.2. The van der Waals surface area contributed by atoms with Crippen molar-refractivity contribution in [3.8, 4) is 0 Å². The van der Waals surface area contributed by atoms with E-state index >= 15 is 0 Å². The minimum Gasteiger partial charge on any atom is -0.462 e. The number of amides is 3. The normalized spacial score (nSPS) is 13.5. The van der Waals surface area contributed by atoms with E-state index in [1.54, 1.807) is 31.2 Å². The highest BCUT2D eigenvalue weighted by Crippen LogP contribution is 2.21. The Hall–Kier alpha value is -3.55. The van der Waals surface area contributed by atoms with Crippen molar-refractivity contribution in [1.82, 2.24) is 4.90 Å². The van der Waals surface area contributed by atoms with E-state index < -0.39 is 5.97 Å². The average molecular weight is 467 g/mol. The zero-order valence-electron chi connectivity index (χ0n) is 20.2. The molecule has 0 atom stereocenters. The molecule has 1 aliphatic heterocycles. The van der Waals surface area contributed by atoms with Gasteiger partial charge in [-0.05, 0) is 68.3 Å². The van der Waals surface area contributed by atoms with Crippen LogP contribution in [0.2, 0.25) is 0 Å². The van der Waals surface area contributed by atoms with Crippen LogP contribution in [0, 0.1) is 5.92 Å². The Balaban J connectivity index is 1.49. The highest BCUT2D eigenvalue weighted by molar-refractivity contribution is 6.00. The Kier molecular flexibility index (Phi) is 8.90. The van der Waals surface area contributed by atoms with Crippen LogP contribution in [0.15, 0.2) is 48.5 Å². The second-order valence-corrected chi connectivity index (χ2v) is 8.25. The summed E-state index contributed by atoms with van der Waals surface area (Å²) in [5.74, 6) is 0.00187. The molecule has 0 unspecified atom stereocenters. The van der Waals surface area contributed by atoms with Gasteiger partial charge in [0.15, 0.2) is 0 Å².